The minimum absolute atomic E-state index is 0.195. The van der Waals surface area contributed by atoms with Gasteiger partial charge in [0.15, 0.2) is 11.9 Å². The SMILES string of the molecule is CO[C@H](C(=O)O[C@H]1O[C@@]2(C[C@H]1C)O[C@@H]1C(=O)C=C(C)[C@@]2(O)C1(C)C)c1ccccc1. The van der Waals surface area contributed by atoms with Crippen molar-refractivity contribution in [1.82, 2.24) is 0 Å². The molecule has 3 aliphatic rings. The second-order valence-electron chi connectivity index (χ2n) is 9.04. The van der Waals surface area contributed by atoms with E-state index in [2.05, 4.69) is 0 Å². The van der Waals surface area contributed by atoms with Gasteiger partial charge in [0.05, 0.1) is 0 Å². The first-order chi connectivity index (χ1) is 14.1. The molecule has 0 aromatic heterocycles. The maximum atomic E-state index is 12.8. The Hall–Kier alpha value is -2.06. The van der Waals surface area contributed by atoms with E-state index in [1.165, 1.54) is 13.2 Å². The third-order valence-electron chi connectivity index (χ3n) is 6.78. The predicted octanol–water partition coefficient (Wildman–Crippen LogP) is 2.68. The molecule has 1 N–H and O–H groups in total. The summed E-state index contributed by atoms with van der Waals surface area (Å²) >= 11 is 0. The Balaban J connectivity index is 1.59. The highest BCUT2D eigenvalue weighted by atomic mass is 16.8. The summed E-state index contributed by atoms with van der Waals surface area (Å²) in [5, 5.41) is 11.8. The molecule has 7 nitrogen and oxygen atoms in total. The fraction of sp³-hybridized carbons (Fsp3) is 0.565. The summed E-state index contributed by atoms with van der Waals surface area (Å²) in [6.45, 7) is 7.16. The van der Waals surface area contributed by atoms with Crippen molar-refractivity contribution in [2.24, 2.45) is 11.3 Å². The Kier molecular flexibility index (Phi) is 4.93. The molecule has 2 saturated heterocycles. The van der Waals surface area contributed by atoms with Crippen LogP contribution in [0.1, 0.15) is 45.8 Å². The van der Waals surface area contributed by atoms with Crippen molar-refractivity contribution in [3.05, 3.63) is 47.5 Å². The van der Waals surface area contributed by atoms with E-state index in [1.54, 1.807) is 32.9 Å². The quantitative estimate of drug-likeness (QED) is 0.755. The number of rotatable bonds is 4. The molecular weight excluding hydrogens is 388 g/mol. The van der Waals surface area contributed by atoms with Crippen LogP contribution in [0.15, 0.2) is 42.0 Å². The second kappa shape index (κ2) is 6.99. The Bertz CT molecular complexity index is 892. The maximum Gasteiger partial charge on any atom is 0.342 e. The molecule has 1 aromatic rings. The van der Waals surface area contributed by atoms with Crippen LogP contribution in [0.4, 0.5) is 0 Å². The predicted molar refractivity (Wildman–Crippen MR) is 106 cm³/mol. The van der Waals surface area contributed by atoms with Gasteiger partial charge in [0.25, 0.3) is 0 Å². The normalized spacial score (nSPS) is 37.9. The molecule has 2 heterocycles. The number of methoxy groups -OCH3 is 1. The molecule has 0 saturated carbocycles. The van der Waals surface area contributed by atoms with Crippen LogP contribution in [0, 0.1) is 11.3 Å². The van der Waals surface area contributed by atoms with Crippen molar-refractivity contribution in [1.29, 1.82) is 0 Å². The van der Waals surface area contributed by atoms with Crippen molar-refractivity contribution in [2.45, 2.75) is 64.0 Å². The van der Waals surface area contributed by atoms with Crippen molar-refractivity contribution >= 4 is 11.8 Å². The largest absolute Gasteiger partial charge is 0.433 e. The van der Waals surface area contributed by atoms with Gasteiger partial charge in [-0.15, -0.1) is 0 Å². The van der Waals surface area contributed by atoms with Crippen LogP contribution in [0.3, 0.4) is 0 Å². The number of ether oxygens (including phenoxy) is 4. The first kappa shape index (κ1) is 21.2. The maximum absolute atomic E-state index is 12.8. The highest BCUT2D eigenvalue weighted by Crippen LogP contribution is 2.62. The Labute approximate surface area is 175 Å². The number of hydrogen-bond donors (Lipinski definition) is 1. The molecule has 30 heavy (non-hydrogen) atoms. The van der Waals surface area contributed by atoms with Crippen molar-refractivity contribution in [3.63, 3.8) is 0 Å². The Morgan fingerprint density at radius 2 is 1.90 bits per heavy atom. The van der Waals surface area contributed by atoms with Crippen LogP contribution < -0.4 is 0 Å². The van der Waals surface area contributed by atoms with E-state index < -0.39 is 41.3 Å². The van der Waals surface area contributed by atoms with E-state index in [0.29, 0.717) is 11.1 Å². The van der Waals surface area contributed by atoms with E-state index in [-0.39, 0.29) is 18.1 Å². The molecule has 4 rings (SSSR count). The summed E-state index contributed by atoms with van der Waals surface area (Å²) in [7, 11) is 1.44. The summed E-state index contributed by atoms with van der Waals surface area (Å²) < 4.78 is 23.2. The molecule has 162 valence electrons. The van der Waals surface area contributed by atoms with E-state index in [1.807, 2.05) is 25.1 Å². The minimum Gasteiger partial charge on any atom is -0.433 e. The zero-order valence-electron chi connectivity index (χ0n) is 17.9. The molecule has 6 atom stereocenters. The van der Waals surface area contributed by atoms with Gasteiger partial charge in [0.2, 0.25) is 12.1 Å². The molecule has 0 unspecified atom stereocenters. The topological polar surface area (TPSA) is 91.3 Å². The van der Waals surface area contributed by atoms with Crippen LogP contribution in [0.5, 0.6) is 0 Å². The zero-order valence-corrected chi connectivity index (χ0v) is 17.9. The Morgan fingerprint density at radius 3 is 2.53 bits per heavy atom. The number of carbonyl (C=O) groups excluding carboxylic acids is 2. The summed E-state index contributed by atoms with van der Waals surface area (Å²) in [5.41, 5.74) is -1.25. The first-order valence-corrected chi connectivity index (χ1v) is 10.2. The van der Waals surface area contributed by atoms with E-state index in [4.69, 9.17) is 18.9 Å². The molecule has 2 aliphatic heterocycles. The first-order valence-electron chi connectivity index (χ1n) is 10.2. The summed E-state index contributed by atoms with van der Waals surface area (Å²) in [4.78, 5) is 25.4. The van der Waals surface area contributed by atoms with Crippen molar-refractivity contribution < 1.29 is 33.6 Å². The van der Waals surface area contributed by atoms with Gasteiger partial charge in [-0.05, 0) is 24.1 Å². The van der Waals surface area contributed by atoms with Gasteiger partial charge >= 0.3 is 5.97 Å². The summed E-state index contributed by atoms with van der Waals surface area (Å²) in [6, 6.07) is 9.04. The van der Waals surface area contributed by atoms with Gasteiger partial charge in [-0.3, -0.25) is 4.79 Å². The lowest BCUT2D eigenvalue weighted by molar-refractivity contribution is -0.300. The smallest absolute Gasteiger partial charge is 0.342 e. The number of esters is 1. The molecule has 7 heteroatoms. The van der Waals surface area contributed by atoms with Gasteiger partial charge < -0.3 is 24.1 Å². The van der Waals surface area contributed by atoms with Gasteiger partial charge in [-0.2, -0.15) is 0 Å². The number of aliphatic hydroxyl groups is 1. The molecule has 2 bridgehead atoms. The fourth-order valence-corrected chi connectivity index (χ4v) is 5.21. The fourth-order valence-electron chi connectivity index (χ4n) is 5.21. The Morgan fingerprint density at radius 1 is 1.23 bits per heavy atom. The van der Waals surface area contributed by atoms with Crippen molar-refractivity contribution in [3.8, 4) is 0 Å². The van der Waals surface area contributed by atoms with Gasteiger partial charge in [0, 0.05) is 24.9 Å². The number of benzene rings is 1. The number of fused-ring (bicyclic) bond motifs is 3. The van der Waals surface area contributed by atoms with E-state index >= 15 is 0 Å². The minimum atomic E-state index is -1.52. The van der Waals surface area contributed by atoms with Gasteiger partial charge in [-0.1, -0.05) is 51.1 Å². The van der Waals surface area contributed by atoms with Crippen LogP contribution in [0.2, 0.25) is 0 Å². The average Bonchev–Trinajstić information content (AvgIpc) is 3.06. The molecule has 1 aromatic carbocycles. The molecule has 0 amide bonds. The van der Waals surface area contributed by atoms with Gasteiger partial charge in [0.1, 0.15) is 11.7 Å². The van der Waals surface area contributed by atoms with Crippen LogP contribution in [-0.2, 0) is 28.5 Å². The summed E-state index contributed by atoms with van der Waals surface area (Å²) in [6.07, 6.45) is -0.966. The lowest BCUT2D eigenvalue weighted by Crippen LogP contribution is -2.60. The highest BCUT2D eigenvalue weighted by Gasteiger charge is 2.76. The lowest BCUT2D eigenvalue weighted by atomic mass is 9.61. The molecule has 1 spiro atoms. The third-order valence-corrected chi connectivity index (χ3v) is 6.78. The standard InChI is InChI=1S/C23H28O7/c1-13-12-22(23(26)14(2)11-16(24)18(29-22)21(23,3)4)30-20(13)28-19(25)17(27-5)15-9-7-6-8-10-15/h6-11,13,17-18,20,26H,12H2,1-5H3/t13-,17+,18-,20+,22-,23-/m1/s1. The van der Waals surface area contributed by atoms with Crippen LogP contribution in [0.25, 0.3) is 0 Å². The second-order valence-corrected chi connectivity index (χ2v) is 9.04. The molecule has 1 aliphatic carbocycles. The molecular formula is C23H28O7. The molecule has 0 radical (unpaired) electrons. The zero-order chi connectivity index (χ0) is 21.9. The number of hydrogen-bond acceptors (Lipinski definition) is 7. The van der Waals surface area contributed by atoms with Gasteiger partial charge in [-0.25, -0.2) is 4.79 Å². The number of carbonyl (C=O) groups is 2. The summed E-state index contributed by atoms with van der Waals surface area (Å²) in [5.74, 6) is -2.51. The van der Waals surface area contributed by atoms with E-state index in [0.717, 1.165) is 0 Å². The highest BCUT2D eigenvalue weighted by molar-refractivity contribution is 5.97. The van der Waals surface area contributed by atoms with Crippen LogP contribution in [-0.4, -0.2) is 47.8 Å². The van der Waals surface area contributed by atoms with Crippen molar-refractivity contribution in [2.75, 3.05) is 7.11 Å². The molecule has 2 fully saturated rings. The van der Waals surface area contributed by atoms with Crippen LogP contribution >= 0.6 is 0 Å². The van der Waals surface area contributed by atoms with E-state index in [9.17, 15) is 14.7 Å². The monoisotopic (exact) mass is 416 g/mol. The lowest BCUT2D eigenvalue weighted by Gasteiger charge is -2.45. The number of ketones is 1. The average molecular weight is 416 g/mol. The third kappa shape index (κ3) is 2.73.